The summed E-state index contributed by atoms with van der Waals surface area (Å²) in [5.41, 5.74) is 1.24. The summed E-state index contributed by atoms with van der Waals surface area (Å²) in [6.07, 6.45) is 0. The zero-order valence-corrected chi connectivity index (χ0v) is 9.04. The van der Waals surface area contributed by atoms with Crippen molar-refractivity contribution in [1.82, 2.24) is 0 Å². The molecule has 40 valence electrons. The largest absolute Gasteiger partial charge is 2.00 e. The van der Waals surface area contributed by atoms with Crippen LogP contribution in [-0.2, 0) is 0 Å². The summed E-state index contributed by atoms with van der Waals surface area (Å²) in [6.45, 7) is 2.04. The van der Waals surface area contributed by atoms with Gasteiger partial charge in [0.05, 0.1) is 0 Å². The molecule has 0 saturated carbocycles. The Kier molecular flexibility index (Phi) is 9.42. The van der Waals surface area contributed by atoms with Gasteiger partial charge in [-0.15, -0.1) is 5.38 Å². The molecule has 0 bridgehead atoms. The Morgan fingerprint density at radius 2 is 2.25 bits per heavy atom. The fourth-order valence-corrected chi connectivity index (χ4v) is 0.891. The maximum absolute atomic E-state index is 3.04. The maximum atomic E-state index is 3.04. The van der Waals surface area contributed by atoms with E-state index >= 15 is 0 Å². The van der Waals surface area contributed by atoms with Crippen LogP contribution < -0.4 is 24.0 Å². The molecule has 1 heterocycles. The van der Waals surface area contributed by atoms with E-state index in [9.17, 15) is 0 Å². The van der Waals surface area contributed by atoms with Crippen LogP contribution in [0.1, 0.15) is 5.56 Å². The van der Waals surface area contributed by atoms with Gasteiger partial charge < -0.3 is 35.3 Å². The third-order valence-corrected chi connectivity index (χ3v) is 1.32. The third kappa shape index (κ3) is 4.11. The van der Waals surface area contributed by atoms with Crippen molar-refractivity contribution in [3.63, 3.8) is 0 Å². The van der Waals surface area contributed by atoms with Crippen molar-refractivity contribution < 1.29 is 24.0 Å². The van der Waals surface area contributed by atoms with Crippen LogP contribution in [0, 0.1) is 12.3 Å². The van der Waals surface area contributed by atoms with E-state index in [-0.39, 0.29) is 47.0 Å². The molecule has 1 aromatic rings. The molecule has 0 nitrogen and oxygen atoms in total. The molecule has 0 spiro atoms. The normalized spacial score (nSPS) is 6.62. The third-order valence-electron chi connectivity index (χ3n) is 0.606. The molecule has 0 aliphatic heterocycles. The number of thiophene rings is 1. The Morgan fingerprint density at radius 3 is 2.38 bits per heavy atom. The van der Waals surface area contributed by atoms with Gasteiger partial charge in [-0.2, -0.15) is 10.9 Å². The van der Waals surface area contributed by atoms with E-state index in [1.165, 1.54) is 5.56 Å². The SMILES string of the molecule is Cc1[c-]scc1.[I-].[Mg+2]. The van der Waals surface area contributed by atoms with Crippen LogP contribution in [0.5, 0.6) is 0 Å². The topological polar surface area (TPSA) is 0 Å². The zero-order valence-electron chi connectivity index (χ0n) is 4.65. The number of hydrogen-bond acceptors (Lipinski definition) is 1. The summed E-state index contributed by atoms with van der Waals surface area (Å²) in [7, 11) is 0. The van der Waals surface area contributed by atoms with Gasteiger partial charge in [0.25, 0.3) is 0 Å². The van der Waals surface area contributed by atoms with Crippen molar-refractivity contribution in [2.24, 2.45) is 0 Å². The van der Waals surface area contributed by atoms with Crippen LogP contribution in [-0.4, -0.2) is 23.1 Å². The summed E-state index contributed by atoms with van der Waals surface area (Å²) >= 11 is 1.61. The van der Waals surface area contributed by atoms with Crippen molar-refractivity contribution in [1.29, 1.82) is 0 Å². The predicted octanol–water partition coefficient (Wildman–Crippen LogP) is -1.52. The fraction of sp³-hybridized carbons (Fsp3) is 0.200. The second kappa shape index (κ2) is 6.32. The Hall–Kier alpha value is 1.20. The van der Waals surface area contributed by atoms with Gasteiger partial charge in [0, 0.05) is 0 Å². The Labute approximate surface area is 86.9 Å². The minimum atomic E-state index is 0. The first kappa shape index (κ1) is 11.9. The fourth-order valence-electron chi connectivity index (χ4n) is 0.297. The van der Waals surface area contributed by atoms with Crippen LogP contribution >= 0.6 is 11.3 Å². The minimum Gasteiger partial charge on any atom is -1.00 e. The van der Waals surface area contributed by atoms with Crippen molar-refractivity contribution in [2.75, 3.05) is 0 Å². The molecule has 0 unspecified atom stereocenters. The van der Waals surface area contributed by atoms with Crippen LogP contribution in [0.3, 0.4) is 0 Å². The van der Waals surface area contributed by atoms with Gasteiger partial charge in [0.1, 0.15) is 0 Å². The van der Waals surface area contributed by atoms with E-state index in [0.717, 1.165) is 0 Å². The molecule has 0 saturated heterocycles. The van der Waals surface area contributed by atoms with E-state index in [4.69, 9.17) is 0 Å². The van der Waals surface area contributed by atoms with E-state index in [1.807, 2.05) is 18.4 Å². The molecule has 0 N–H and O–H groups in total. The molecule has 0 aromatic carbocycles. The Bertz CT molecular complexity index is 116. The van der Waals surface area contributed by atoms with Gasteiger partial charge in [-0.3, -0.25) is 0 Å². The average Bonchev–Trinajstić information content (AvgIpc) is 1.86. The molecule has 0 amide bonds. The molecule has 0 atom stereocenters. The first-order valence-electron chi connectivity index (χ1n) is 1.81. The van der Waals surface area contributed by atoms with Gasteiger partial charge in [0.2, 0.25) is 0 Å². The van der Waals surface area contributed by atoms with E-state index in [0.29, 0.717) is 0 Å². The van der Waals surface area contributed by atoms with Crippen LogP contribution in [0.4, 0.5) is 0 Å². The molecular formula is C5H5IMgS. The summed E-state index contributed by atoms with van der Waals surface area (Å²) in [4.78, 5) is 0. The molecule has 0 aliphatic rings. The molecule has 1 aromatic heterocycles. The predicted molar refractivity (Wildman–Crippen MR) is 33.6 cm³/mol. The van der Waals surface area contributed by atoms with Gasteiger partial charge in [-0.05, 0) is 0 Å². The van der Waals surface area contributed by atoms with Gasteiger partial charge >= 0.3 is 23.1 Å². The monoisotopic (exact) mass is 248 g/mol. The van der Waals surface area contributed by atoms with Crippen LogP contribution in [0.15, 0.2) is 11.4 Å². The second-order valence-electron chi connectivity index (χ2n) is 1.21. The molecular weight excluding hydrogens is 243 g/mol. The molecule has 0 aliphatic carbocycles. The molecule has 0 radical (unpaired) electrons. The Morgan fingerprint density at radius 1 is 1.62 bits per heavy atom. The number of hydrogen-bond donors (Lipinski definition) is 0. The molecule has 3 heteroatoms. The second-order valence-corrected chi connectivity index (χ2v) is 1.92. The van der Waals surface area contributed by atoms with E-state index in [2.05, 4.69) is 5.38 Å². The maximum Gasteiger partial charge on any atom is 2.00 e. The number of halogens is 1. The summed E-state index contributed by atoms with van der Waals surface area (Å²) in [6, 6.07) is 2.05. The van der Waals surface area contributed by atoms with Gasteiger partial charge in [-0.25, -0.2) is 6.07 Å². The average molecular weight is 248 g/mol. The molecule has 8 heavy (non-hydrogen) atoms. The van der Waals surface area contributed by atoms with Gasteiger partial charge in [-0.1, -0.05) is 6.92 Å². The minimum absolute atomic E-state index is 0. The molecule has 0 fully saturated rings. The first-order chi connectivity index (χ1) is 2.89. The van der Waals surface area contributed by atoms with Crippen molar-refractivity contribution >= 4 is 34.4 Å². The van der Waals surface area contributed by atoms with E-state index < -0.39 is 0 Å². The van der Waals surface area contributed by atoms with Gasteiger partial charge in [0.15, 0.2) is 0 Å². The quantitative estimate of drug-likeness (QED) is 0.297. The van der Waals surface area contributed by atoms with Crippen molar-refractivity contribution in [3.05, 3.63) is 22.4 Å². The zero-order chi connectivity index (χ0) is 4.41. The summed E-state index contributed by atoms with van der Waals surface area (Å²) in [5, 5.41) is 5.06. The van der Waals surface area contributed by atoms with Crippen LogP contribution in [0.2, 0.25) is 0 Å². The number of aryl methyl sites for hydroxylation is 1. The standard InChI is InChI=1S/C5H5S.HI.Mg/c1-5-2-3-6-4-5;;/h2-3H,1H3;1H;/q-1;;+2/p-1. The Balaban J connectivity index is 0. The smallest absolute Gasteiger partial charge is 1.00 e. The number of rotatable bonds is 0. The first-order valence-corrected chi connectivity index (χ1v) is 2.69. The summed E-state index contributed by atoms with van der Waals surface area (Å²) in [5.74, 6) is 0. The molecule has 1 rings (SSSR count). The van der Waals surface area contributed by atoms with Crippen molar-refractivity contribution in [3.8, 4) is 0 Å². The van der Waals surface area contributed by atoms with Crippen LogP contribution in [0.25, 0.3) is 0 Å². The summed E-state index contributed by atoms with van der Waals surface area (Å²) < 4.78 is 0. The van der Waals surface area contributed by atoms with Crippen molar-refractivity contribution in [2.45, 2.75) is 6.92 Å². The van der Waals surface area contributed by atoms with E-state index in [1.54, 1.807) is 11.3 Å².